The lowest BCUT2D eigenvalue weighted by Crippen LogP contribution is -2.36. The van der Waals surface area contributed by atoms with Crippen LogP contribution in [0.25, 0.3) is 16.9 Å². The van der Waals surface area contributed by atoms with Crippen LogP contribution in [0.15, 0.2) is 85.1 Å². The molecular weight excluding hydrogens is 472 g/mol. The van der Waals surface area contributed by atoms with Crippen molar-refractivity contribution >= 4 is 29.1 Å². The van der Waals surface area contributed by atoms with E-state index < -0.39 is 0 Å². The van der Waals surface area contributed by atoms with Crippen molar-refractivity contribution in [2.75, 3.05) is 18.4 Å². The molecule has 6 nitrogen and oxygen atoms in total. The maximum Gasteiger partial charge on any atom is 0.255 e. The molecule has 5 rings (SSSR count). The average molecular weight is 499 g/mol. The Labute approximate surface area is 215 Å². The molecule has 2 heterocycles. The number of hydrogen-bond donors (Lipinski definition) is 1. The van der Waals surface area contributed by atoms with E-state index in [4.69, 9.17) is 16.7 Å². The number of hydrogen-bond acceptors (Lipinski definition) is 3. The minimum atomic E-state index is -0.211. The van der Waals surface area contributed by atoms with Crippen LogP contribution < -0.4 is 5.32 Å². The summed E-state index contributed by atoms with van der Waals surface area (Å²) in [5.74, 6) is -0.249. The minimum Gasteiger partial charge on any atom is -0.339 e. The van der Waals surface area contributed by atoms with Gasteiger partial charge < -0.3 is 10.2 Å². The van der Waals surface area contributed by atoms with Crippen molar-refractivity contribution in [2.45, 2.75) is 25.7 Å². The highest BCUT2D eigenvalue weighted by Crippen LogP contribution is 2.27. The van der Waals surface area contributed by atoms with Crippen LogP contribution in [0.2, 0.25) is 5.02 Å². The van der Waals surface area contributed by atoms with Gasteiger partial charge in [0.2, 0.25) is 5.91 Å². The van der Waals surface area contributed by atoms with Crippen LogP contribution in [0, 0.1) is 0 Å². The molecule has 7 heteroatoms. The van der Waals surface area contributed by atoms with Crippen LogP contribution in [0.1, 0.15) is 35.2 Å². The molecule has 1 aliphatic rings. The van der Waals surface area contributed by atoms with E-state index in [9.17, 15) is 9.59 Å². The van der Waals surface area contributed by atoms with Gasteiger partial charge in [0.15, 0.2) is 0 Å². The first kappa shape index (κ1) is 23.8. The van der Waals surface area contributed by atoms with E-state index in [-0.39, 0.29) is 18.2 Å². The summed E-state index contributed by atoms with van der Waals surface area (Å²) in [7, 11) is 0. The second kappa shape index (κ2) is 10.8. The fourth-order valence-electron chi connectivity index (χ4n) is 4.52. The number of amides is 2. The Morgan fingerprint density at radius 1 is 0.861 bits per heavy atom. The standard InChI is InChI=1S/C29H27ClN4O2/c30-23-15-13-21(14-16-23)28-22(20-34(32-28)24-9-3-1-4-10-24)19-27(35)31-26-12-6-5-11-25(26)29(36)33-17-7-2-8-18-33/h1,3-6,9-16,20H,2,7-8,17-19H2,(H,31,35). The molecule has 0 aliphatic carbocycles. The SMILES string of the molecule is O=C(Cc1cn(-c2ccccc2)nc1-c1ccc(Cl)cc1)Nc1ccccc1C(=O)N1CCCCC1. The predicted molar refractivity (Wildman–Crippen MR) is 143 cm³/mol. The zero-order valence-electron chi connectivity index (χ0n) is 19.9. The number of halogens is 1. The van der Waals surface area contributed by atoms with Crippen molar-refractivity contribution in [2.24, 2.45) is 0 Å². The fourth-order valence-corrected chi connectivity index (χ4v) is 4.64. The molecule has 1 saturated heterocycles. The molecule has 2 amide bonds. The Kier molecular flexibility index (Phi) is 7.14. The summed E-state index contributed by atoms with van der Waals surface area (Å²) in [5, 5.41) is 8.39. The molecule has 0 spiro atoms. The van der Waals surface area contributed by atoms with Gasteiger partial charge >= 0.3 is 0 Å². The number of nitrogens with one attached hydrogen (secondary N) is 1. The number of carbonyl (C=O) groups excluding carboxylic acids is 2. The maximum absolute atomic E-state index is 13.2. The van der Waals surface area contributed by atoms with Crippen molar-refractivity contribution in [1.82, 2.24) is 14.7 Å². The predicted octanol–water partition coefficient (Wildman–Crippen LogP) is 6.00. The smallest absolute Gasteiger partial charge is 0.255 e. The molecule has 0 bridgehead atoms. The number of rotatable bonds is 6. The van der Waals surface area contributed by atoms with Gasteiger partial charge in [0.05, 0.1) is 29.1 Å². The van der Waals surface area contributed by atoms with E-state index >= 15 is 0 Å². The molecule has 4 aromatic rings. The van der Waals surface area contributed by atoms with Crippen molar-refractivity contribution in [3.63, 3.8) is 0 Å². The van der Waals surface area contributed by atoms with Gasteiger partial charge in [-0.05, 0) is 55.7 Å². The van der Waals surface area contributed by atoms with Crippen LogP contribution >= 0.6 is 11.6 Å². The second-order valence-corrected chi connectivity index (χ2v) is 9.35. The Morgan fingerprint density at radius 3 is 2.31 bits per heavy atom. The van der Waals surface area contributed by atoms with E-state index in [2.05, 4.69) is 5.32 Å². The van der Waals surface area contributed by atoms with Crippen LogP contribution in [-0.4, -0.2) is 39.6 Å². The molecule has 182 valence electrons. The number of piperidine rings is 1. The number of likely N-dealkylation sites (tertiary alicyclic amines) is 1. The largest absolute Gasteiger partial charge is 0.339 e. The Morgan fingerprint density at radius 2 is 1.56 bits per heavy atom. The van der Waals surface area contributed by atoms with Gasteiger partial charge in [-0.15, -0.1) is 0 Å². The van der Waals surface area contributed by atoms with Gasteiger partial charge in [-0.1, -0.05) is 54.1 Å². The number of para-hydroxylation sites is 2. The molecule has 3 aromatic carbocycles. The second-order valence-electron chi connectivity index (χ2n) is 8.91. The van der Waals surface area contributed by atoms with Crippen molar-refractivity contribution in [3.05, 3.63) is 101 Å². The summed E-state index contributed by atoms with van der Waals surface area (Å²) >= 11 is 6.09. The van der Waals surface area contributed by atoms with Gasteiger partial charge in [0.1, 0.15) is 0 Å². The topological polar surface area (TPSA) is 67.2 Å². The lowest BCUT2D eigenvalue weighted by atomic mass is 10.1. The summed E-state index contributed by atoms with van der Waals surface area (Å²) in [6, 6.07) is 24.4. The summed E-state index contributed by atoms with van der Waals surface area (Å²) < 4.78 is 1.78. The summed E-state index contributed by atoms with van der Waals surface area (Å²) in [5.41, 5.74) is 4.31. The van der Waals surface area contributed by atoms with Crippen LogP contribution in [0.4, 0.5) is 5.69 Å². The van der Waals surface area contributed by atoms with E-state index in [0.717, 1.165) is 49.2 Å². The van der Waals surface area contributed by atoms with E-state index in [1.165, 1.54) is 0 Å². The molecule has 1 aromatic heterocycles. The maximum atomic E-state index is 13.2. The molecule has 0 atom stereocenters. The average Bonchev–Trinajstić information content (AvgIpc) is 3.33. The molecule has 1 fully saturated rings. The number of nitrogens with zero attached hydrogens (tertiary/aromatic N) is 3. The van der Waals surface area contributed by atoms with E-state index in [1.807, 2.05) is 77.8 Å². The number of carbonyl (C=O) groups is 2. The van der Waals surface area contributed by atoms with Crippen molar-refractivity contribution < 1.29 is 9.59 Å². The van der Waals surface area contributed by atoms with Gasteiger partial charge in [0.25, 0.3) is 5.91 Å². The zero-order valence-corrected chi connectivity index (χ0v) is 20.6. The Hall–Kier alpha value is -3.90. The molecule has 0 radical (unpaired) electrons. The highest BCUT2D eigenvalue weighted by atomic mass is 35.5. The third-order valence-corrected chi connectivity index (χ3v) is 6.61. The summed E-state index contributed by atoms with van der Waals surface area (Å²) in [6.45, 7) is 1.51. The molecule has 0 unspecified atom stereocenters. The number of aromatic nitrogens is 2. The van der Waals surface area contributed by atoms with Crippen molar-refractivity contribution in [3.8, 4) is 16.9 Å². The molecular formula is C29H27ClN4O2. The minimum absolute atomic E-state index is 0.0376. The molecule has 0 saturated carbocycles. The van der Waals surface area contributed by atoms with Crippen molar-refractivity contribution in [1.29, 1.82) is 0 Å². The van der Waals surface area contributed by atoms with E-state index in [1.54, 1.807) is 16.8 Å². The van der Waals surface area contributed by atoms with Crippen LogP contribution in [0.3, 0.4) is 0 Å². The lowest BCUT2D eigenvalue weighted by molar-refractivity contribution is -0.115. The van der Waals surface area contributed by atoms with Crippen LogP contribution in [-0.2, 0) is 11.2 Å². The molecule has 1 aliphatic heterocycles. The van der Waals surface area contributed by atoms with Gasteiger partial charge in [-0.3, -0.25) is 9.59 Å². The Bertz CT molecular complexity index is 1360. The number of anilines is 1. The normalized spacial score (nSPS) is 13.4. The summed E-state index contributed by atoms with van der Waals surface area (Å²) in [6.07, 6.45) is 5.16. The lowest BCUT2D eigenvalue weighted by Gasteiger charge is -2.27. The third kappa shape index (κ3) is 5.34. The molecule has 36 heavy (non-hydrogen) atoms. The summed E-state index contributed by atoms with van der Waals surface area (Å²) in [4.78, 5) is 28.2. The van der Waals surface area contributed by atoms with Gasteiger partial charge in [0, 0.05) is 35.4 Å². The fraction of sp³-hybridized carbons (Fsp3) is 0.207. The molecule has 1 N–H and O–H groups in total. The highest BCUT2D eigenvalue weighted by Gasteiger charge is 2.22. The third-order valence-electron chi connectivity index (χ3n) is 6.35. The Balaban J connectivity index is 1.41. The first-order valence-electron chi connectivity index (χ1n) is 12.2. The number of benzene rings is 3. The zero-order chi connectivity index (χ0) is 24.9. The first-order chi connectivity index (χ1) is 17.6. The highest BCUT2D eigenvalue weighted by molar-refractivity contribution is 6.30. The van der Waals surface area contributed by atoms with Gasteiger partial charge in [-0.25, -0.2) is 4.68 Å². The monoisotopic (exact) mass is 498 g/mol. The quantitative estimate of drug-likeness (QED) is 0.354. The van der Waals surface area contributed by atoms with E-state index in [0.29, 0.717) is 22.0 Å². The van der Waals surface area contributed by atoms with Gasteiger partial charge in [-0.2, -0.15) is 5.10 Å². The first-order valence-corrected chi connectivity index (χ1v) is 12.5. The van der Waals surface area contributed by atoms with Crippen LogP contribution in [0.5, 0.6) is 0 Å².